The predicted molar refractivity (Wildman–Crippen MR) is 110 cm³/mol. The van der Waals surface area contributed by atoms with E-state index in [0.29, 0.717) is 16.1 Å². The zero-order valence-electron chi connectivity index (χ0n) is 15.3. The van der Waals surface area contributed by atoms with E-state index in [0.717, 1.165) is 0 Å². The van der Waals surface area contributed by atoms with Crippen LogP contribution in [0.2, 0.25) is 5.02 Å². The van der Waals surface area contributed by atoms with E-state index in [1.54, 1.807) is 48.5 Å². The van der Waals surface area contributed by atoms with Gasteiger partial charge in [-0.1, -0.05) is 41.9 Å². The van der Waals surface area contributed by atoms with Crippen molar-refractivity contribution in [2.45, 2.75) is 0 Å². The minimum absolute atomic E-state index is 0.126. The van der Waals surface area contributed by atoms with Crippen LogP contribution in [0.4, 0.5) is 4.39 Å². The Morgan fingerprint density at radius 3 is 2.53 bits per heavy atom. The van der Waals surface area contributed by atoms with E-state index >= 15 is 0 Å². The Kier molecular flexibility index (Phi) is 5.41. The summed E-state index contributed by atoms with van der Waals surface area (Å²) in [4.78, 5) is 28.4. The summed E-state index contributed by atoms with van der Waals surface area (Å²) in [7, 11) is 0. The Hall–Kier alpha value is -3.77. The van der Waals surface area contributed by atoms with E-state index in [-0.39, 0.29) is 22.9 Å². The number of aliphatic imine (C=N–C) groups is 1. The minimum atomic E-state index is -0.797. The zero-order chi connectivity index (χ0) is 21.1. The molecule has 7 heteroatoms. The molecule has 0 saturated carbocycles. The van der Waals surface area contributed by atoms with E-state index in [1.807, 2.05) is 0 Å². The lowest BCUT2D eigenvalue weighted by atomic mass is 10.2. The largest absolute Gasteiger partial charge is 0.423 e. The Balaban J connectivity index is 1.50. The number of cyclic esters (lactones) is 1. The van der Waals surface area contributed by atoms with Crippen molar-refractivity contribution >= 4 is 35.5 Å². The van der Waals surface area contributed by atoms with E-state index in [2.05, 4.69) is 4.99 Å². The van der Waals surface area contributed by atoms with Gasteiger partial charge in [0.25, 0.3) is 0 Å². The van der Waals surface area contributed by atoms with Crippen LogP contribution in [-0.4, -0.2) is 17.8 Å². The van der Waals surface area contributed by atoms with Crippen molar-refractivity contribution in [1.82, 2.24) is 0 Å². The van der Waals surface area contributed by atoms with Crippen molar-refractivity contribution in [3.05, 3.63) is 106 Å². The second kappa shape index (κ2) is 8.31. The highest BCUT2D eigenvalue weighted by molar-refractivity contribution is 6.31. The van der Waals surface area contributed by atoms with Crippen LogP contribution < -0.4 is 4.74 Å². The number of ether oxygens (including phenoxy) is 2. The fourth-order valence-electron chi connectivity index (χ4n) is 2.73. The second-order valence-electron chi connectivity index (χ2n) is 6.28. The Labute approximate surface area is 176 Å². The van der Waals surface area contributed by atoms with Crippen molar-refractivity contribution in [3.63, 3.8) is 0 Å². The molecule has 0 fully saturated rings. The summed E-state index contributed by atoms with van der Waals surface area (Å²) < 4.78 is 24.1. The summed E-state index contributed by atoms with van der Waals surface area (Å²) in [6, 6.07) is 18.7. The molecule has 4 rings (SSSR count). The number of benzene rings is 3. The molecule has 0 amide bonds. The molecule has 0 bridgehead atoms. The minimum Gasteiger partial charge on any atom is -0.423 e. The lowest BCUT2D eigenvalue weighted by molar-refractivity contribution is -0.129. The summed E-state index contributed by atoms with van der Waals surface area (Å²) >= 11 is 5.96. The quantitative estimate of drug-likeness (QED) is 0.336. The van der Waals surface area contributed by atoms with Crippen LogP contribution in [0.25, 0.3) is 6.08 Å². The number of carbonyl (C=O) groups is 2. The first-order valence-corrected chi connectivity index (χ1v) is 9.23. The van der Waals surface area contributed by atoms with Gasteiger partial charge in [0.05, 0.1) is 5.56 Å². The van der Waals surface area contributed by atoms with Gasteiger partial charge in [-0.2, -0.15) is 0 Å². The summed E-state index contributed by atoms with van der Waals surface area (Å²) in [5.74, 6) is -1.63. The second-order valence-corrected chi connectivity index (χ2v) is 6.72. The van der Waals surface area contributed by atoms with Gasteiger partial charge in [0.15, 0.2) is 5.70 Å². The number of rotatable bonds is 4. The van der Waals surface area contributed by atoms with E-state index in [4.69, 9.17) is 21.1 Å². The highest BCUT2D eigenvalue weighted by Gasteiger charge is 2.24. The van der Waals surface area contributed by atoms with Crippen LogP contribution in [0.1, 0.15) is 21.5 Å². The SMILES string of the molecule is O=C1OC(c2cccc(Cl)c2)=N/C1=C\c1ccc(OC(=O)c2ccccc2F)cc1. The van der Waals surface area contributed by atoms with E-state index < -0.39 is 17.8 Å². The number of carbonyl (C=O) groups excluding carboxylic acids is 2. The lowest BCUT2D eigenvalue weighted by Crippen LogP contribution is -2.10. The standard InChI is InChI=1S/C23H13ClFNO4/c24-16-5-3-4-15(13-16)21-26-20(23(28)30-21)12-14-8-10-17(11-9-14)29-22(27)18-6-1-2-7-19(18)25/h1-13H/b20-12-. The molecule has 30 heavy (non-hydrogen) atoms. The van der Waals surface area contributed by atoms with Crippen molar-refractivity contribution in [2.75, 3.05) is 0 Å². The number of halogens is 2. The number of hydrogen-bond acceptors (Lipinski definition) is 5. The molecule has 148 valence electrons. The van der Waals surface area contributed by atoms with Gasteiger partial charge in [-0.15, -0.1) is 0 Å². The van der Waals surface area contributed by atoms with Crippen LogP contribution in [0.5, 0.6) is 5.75 Å². The molecule has 0 radical (unpaired) electrons. The van der Waals surface area contributed by atoms with Gasteiger partial charge in [-0.25, -0.2) is 19.0 Å². The molecule has 5 nitrogen and oxygen atoms in total. The van der Waals surface area contributed by atoms with Gasteiger partial charge in [0.1, 0.15) is 11.6 Å². The maximum Gasteiger partial charge on any atom is 0.363 e. The summed E-state index contributed by atoms with van der Waals surface area (Å²) in [6.07, 6.45) is 1.54. The average molecular weight is 422 g/mol. The fraction of sp³-hybridized carbons (Fsp3) is 0. The molecular formula is C23H13ClFNO4. The first-order chi connectivity index (χ1) is 14.5. The maximum atomic E-state index is 13.7. The molecule has 0 spiro atoms. The molecule has 0 aliphatic carbocycles. The maximum absolute atomic E-state index is 13.7. The normalized spacial score (nSPS) is 14.4. The van der Waals surface area contributed by atoms with Crippen LogP contribution in [0.15, 0.2) is 83.5 Å². The van der Waals surface area contributed by atoms with Crippen molar-refractivity contribution < 1.29 is 23.5 Å². The summed E-state index contributed by atoms with van der Waals surface area (Å²) in [6.45, 7) is 0. The molecular weight excluding hydrogens is 409 g/mol. The summed E-state index contributed by atoms with van der Waals surface area (Å²) in [5.41, 5.74) is 1.21. The molecule has 0 unspecified atom stereocenters. The third-order valence-corrected chi connectivity index (χ3v) is 4.41. The van der Waals surface area contributed by atoms with Gasteiger partial charge in [0.2, 0.25) is 5.90 Å². The number of hydrogen-bond donors (Lipinski definition) is 0. The van der Waals surface area contributed by atoms with Crippen LogP contribution in [0, 0.1) is 5.82 Å². The monoisotopic (exact) mass is 421 g/mol. The van der Waals surface area contributed by atoms with Gasteiger partial charge < -0.3 is 9.47 Å². The third kappa shape index (κ3) is 4.29. The lowest BCUT2D eigenvalue weighted by Gasteiger charge is -2.05. The molecule has 1 heterocycles. The van der Waals surface area contributed by atoms with Crippen molar-refractivity contribution in [3.8, 4) is 5.75 Å². The number of esters is 2. The fourth-order valence-corrected chi connectivity index (χ4v) is 2.92. The van der Waals surface area contributed by atoms with Crippen molar-refractivity contribution in [2.24, 2.45) is 4.99 Å². The van der Waals surface area contributed by atoms with E-state index in [9.17, 15) is 14.0 Å². The Bertz CT molecular complexity index is 1200. The first-order valence-electron chi connectivity index (χ1n) is 8.85. The topological polar surface area (TPSA) is 65.0 Å². The zero-order valence-corrected chi connectivity index (χ0v) is 16.1. The highest BCUT2D eigenvalue weighted by Crippen LogP contribution is 2.22. The molecule has 1 aliphatic rings. The molecule has 0 aromatic heterocycles. The van der Waals surface area contributed by atoms with Gasteiger partial charge in [-0.3, -0.25) is 0 Å². The molecule has 1 aliphatic heterocycles. The van der Waals surface area contributed by atoms with Crippen molar-refractivity contribution in [1.29, 1.82) is 0 Å². The van der Waals surface area contributed by atoms with Crippen LogP contribution in [-0.2, 0) is 9.53 Å². The third-order valence-electron chi connectivity index (χ3n) is 4.18. The first kappa shape index (κ1) is 19.5. The highest BCUT2D eigenvalue weighted by atomic mass is 35.5. The van der Waals surface area contributed by atoms with Gasteiger partial charge >= 0.3 is 11.9 Å². The summed E-state index contributed by atoms with van der Waals surface area (Å²) in [5, 5.41) is 0.504. The van der Waals surface area contributed by atoms with E-state index in [1.165, 1.54) is 30.3 Å². The Morgan fingerprint density at radius 2 is 1.80 bits per heavy atom. The van der Waals surface area contributed by atoms with Crippen LogP contribution >= 0.6 is 11.6 Å². The predicted octanol–water partition coefficient (Wildman–Crippen LogP) is 5.04. The molecule has 0 saturated heterocycles. The number of nitrogens with zero attached hydrogens (tertiary/aromatic N) is 1. The molecule has 0 N–H and O–H groups in total. The van der Waals surface area contributed by atoms with Gasteiger partial charge in [0, 0.05) is 10.6 Å². The smallest absolute Gasteiger partial charge is 0.363 e. The van der Waals surface area contributed by atoms with Crippen LogP contribution in [0.3, 0.4) is 0 Å². The molecule has 0 atom stereocenters. The Morgan fingerprint density at radius 1 is 1.03 bits per heavy atom. The molecule has 3 aromatic carbocycles. The van der Waals surface area contributed by atoms with Gasteiger partial charge in [-0.05, 0) is 54.1 Å². The average Bonchev–Trinajstić information content (AvgIpc) is 3.10. The molecule has 3 aromatic rings.